The van der Waals surface area contributed by atoms with E-state index in [1.165, 1.54) is 12.1 Å². The van der Waals surface area contributed by atoms with Gasteiger partial charge in [-0.1, -0.05) is 16.7 Å². The summed E-state index contributed by atoms with van der Waals surface area (Å²) in [5.41, 5.74) is 8.25. The molecule has 1 aromatic carbocycles. The fraction of sp³-hybridized carbons (Fsp3) is 0. The molecule has 0 unspecified atom stereocenters. The van der Waals surface area contributed by atoms with Crippen molar-refractivity contribution in [1.82, 2.24) is 0 Å². The van der Waals surface area contributed by atoms with Crippen LogP contribution in [-0.2, 0) is 0 Å². The SMILES string of the molecule is [N-]=[N+]=Nc1ccc(F)cc1Cl. The van der Waals surface area contributed by atoms with E-state index in [1.54, 1.807) is 0 Å². The van der Waals surface area contributed by atoms with Gasteiger partial charge in [0.2, 0.25) is 0 Å². The molecule has 0 saturated heterocycles. The number of halogens is 2. The maximum atomic E-state index is 12.4. The lowest BCUT2D eigenvalue weighted by molar-refractivity contribution is 0.628. The van der Waals surface area contributed by atoms with Gasteiger partial charge >= 0.3 is 0 Å². The Bertz CT molecular complexity index is 320. The molecular formula is C6H3ClFN3. The van der Waals surface area contributed by atoms with Crippen molar-refractivity contribution in [2.45, 2.75) is 0 Å². The van der Waals surface area contributed by atoms with E-state index in [1.807, 2.05) is 0 Å². The lowest BCUT2D eigenvalue weighted by atomic mass is 10.3. The molecule has 0 saturated carbocycles. The standard InChI is InChI=1S/C6H3ClFN3/c7-5-3-4(8)1-2-6(5)10-11-9/h1-3H. The Hall–Kier alpha value is -1.25. The van der Waals surface area contributed by atoms with Crippen LogP contribution in [0.5, 0.6) is 0 Å². The summed E-state index contributed by atoms with van der Waals surface area (Å²) in [7, 11) is 0. The topological polar surface area (TPSA) is 48.8 Å². The second kappa shape index (κ2) is 3.23. The van der Waals surface area contributed by atoms with Gasteiger partial charge < -0.3 is 0 Å². The van der Waals surface area contributed by atoms with Crippen molar-refractivity contribution in [3.63, 3.8) is 0 Å². The zero-order valence-electron chi connectivity index (χ0n) is 5.33. The van der Waals surface area contributed by atoms with Gasteiger partial charge in [-0.05, 0) is 23.7 Å². The normalized spacial score (nSPS) is 8.91. The van der Waals surface area contributed by atoms with Crippen LogP contribution in [-0.4, -0.2) is 0 Å². The maximum absolute atomic E-state index is 12.4. The van der Waals surface area contributed by atoms with Gasteiger partial charge in [-0.2, -0.15) is 0 Å². The molecule has 1 aromatic rings. The molecule has 5 heteroatoms. The molecule has 0 radical (unpaired) electrons. The van der Waals surface area contributed by atoms with E-state index in [9.17, 15) is 4.39 Å². The average Bonchev–Trinajstić information content (AvgIpc) is 1.95. The molecule has 0 spiro atoms. The van der Waals surface area contributed by atoms with Crippen molar-refractivity contribution in [2.75, 3.05) is 0 Å². The van der Waals surface area contributed by atoms with Gasteiger partial charge in [0.1, 0.15) is 5.82 Å². The molecule has 0 aliphatic heterocycles. The molecule has 0 fully saturated rings. The predicted octanol–water partition coefficient (Wildman–Crippen LogP) is 3.42. The molecule has 0 atom stereocenters. The fourth-order valence-electron chi connectivity index (χ4n) is 0.611. The predicted molar refractivity (Wildman–Crippen MR) is 40.2 cm³/mol. The molecule has 0 bridgehead atoms. The van der Waals surface area contributed by atoms with E-state index in [2.05, 4.69) is 10.0 Å². The van der Waals surface area contributed by atoms with Crippen LogP contribution in [0.3, 0.4) is 0 Å². The van der Waals surface area contributed by atoms with Crippen LogP contribution in [0, 0.1) is 5.82 Å². The van der Waals surface area contributed by atoms with Crippen molar-refractivity contribution in [3.05, 3.63) is 39.5 Å². The Kier molecular flexibility index (Phi) is 2.31. The van der Waals surface area contributed by atoms with Crippen LogP contribution < -0.4 is 0 Å². The number of benzene rings is 1. The largest absolute Gasteiger partial charge is 0.207 e. The highest BCUT2D eigenvalue weighted by atomic mass is 35.5. The lowest BCUT2D eigenvalue weighted by Crippen LogP contribution is -1.71. The molecule has 0 aromatic heterocycles. The Labute approximate surface area is 67.0 Å². The summed E-state index contributed by atoms with van der Waals surface area (Å²) in [5, 5.41) is 3.34. The molecule has 0 amide bonds. The molecular weight excluding hydrogens is 169 g/mol. The number of azide groups is 1. The minimum absolute atomic E-state index is 0.114. The van der Waals surface area contributed by atoms with Crippen molar-refractivity contribution in [2.24, 2.45) is 5.11 Å². The molecule has 1 rings (SSSR count). The Morgan fingerprint density at radius 2 is 2.27 bits per heavy atom. The quantitative estimate of drug-likeness (QED) is 0.353. The minimum atomic E-state index is -0.452. The Morgan fingerprint density at radius 3 is 2.82 bits per heavy atom. The van der Waals surface area contributed by atoms with E-state index in [-0.39, 0.29) is 10.7 Å². The van der Waals surface area contributed by atoms with Gasteiger partial charge in [-0.25, -0.2) is 4.39 Å². The van der Waals surface area contributed by atoms with Gasteiger partial charge in [-0.3, -0.25) is 0 Å². The average molecular weight is 172 g/mol. The van der Waals surface area contributed by atoms with Crippen molar-refractivity contribution < 1.29 is 4.39 Å². The zero-order chi connectivity index (χ0) is 8.27. The maximum Gasteiger partial charge on any atom is 0.124 e. The van der Waals surface area contributed by atoms with Gasteiger partial charge in [0.05, 0.1) is 10.7 Å². The van der Waals surface area contributed by atoms with Gasteiger partial charge in [-0.15, -0.1) is 0 Å². The number of hydrogen-bond acceptors (Lipinski definition) is 1. The van der Waals surface area contributed by atoms with Crippen LogP contribution in [0.1, 0.15) is 0 Å². The third-order valence-corrected chi connectivity index (χ3v) is 1.36. The molecule has 11 heavy (non-hydrogen) atoms. The van der Waals surface area contributed by atoms with Crippen LogP contribution in [0.4, 0.5) is 10.1 Å². The van der Waals surface area contributed by atoms with Gasteiger partial charge in [0.15, 0.2) is 0 Å². The molecule has 0 aliphatic rings. The summed E-state index contributed by atoms with van der Waals surface area (Å²) < 4.78 is 12.4. The molecule has 3 nitrogen and oxygen atoms in total. The monoisotopic (exact) mass is 171 g/mol. The first kappa shape index (κ1) is 7.85. The molecule has 0 heterocycles. The van der Waals surface area contributed by atoms with Gasteiger partial charge in [0.25, 0.3) is 0 Å². The van der Waals surface area contributed by atoms with E-state index in [4.69, 9.17) is 17.1 Å². The van der Waals surface area contributed by atoms with Crippen molar-refractivity contribution in [1.29, 1.82) is 0 Å². The minimum Gasteiger partial charge on any atom is -0.207 e. The summed E-state index contributed by atoms with van der Waals surface area (Å²) >= 11 is 5.50. The Balaban J connectivity index is 3.19. The van der Waals surface area contributed by atoms with Crippen LogP contribution in [0.25, 0.3) is 10.4 Å². The lowest BCUT2D eigenvalue weighted by Gasteiger charge is -1.94. The van der Waals surface area contributed by atoms with Crippen LogP contribution in [0.2, 0.25) is 5.02 Å². The molecule has 0 N–H and O–H groups in total. The number of nitrogens with zero attached hydrogens (tertiary/aromatic N) is 3. The van der Waals surface area contributed by atoms with E-state index >= 15 is 0 Å². The second-order valence-corrected chi connectivity index (χ2v) is 2.19. The summed E-state index contributed by atoms with van der Waals surface area (Å²) in [5.74, 6) is -0.452. The van der Waals surface area contributed by atoms with Gasteiger partial charge in [0, 0.05) is 4.91 Å². The highest BCUT2D eigenvalue weighted by Crippen LogP contribution is 2.24. The Morgan fingerprint density at radius 1 is 1.55 bits per heavy atom. The number of rotatable bonds is 1. The summed E-state index contributed by atoms with van der Waals surface area (Å²) in [6, 6.07) is 3.58. The summed E-state index contributed by atoms with van der Waals surface area (Å²) in [4.78, 5) is 2.51. The molecule has 56 valence electrons. The summed E-state index contributed by atoms with van der Waals surface area (Å²) in [6.45, 7) is 0. The highest BCUT2D eigenvalue weighted by Gasteiger charge is 1.97. The molecule has 0 aliphatic carbocycles. The van der Waals surface area contributed by atoms with Crippen molar-refractivity contribution >= 4 is 17.3 Å². The zero-order valence-corrected chi connectivity index (χ0v) is 6.09. The number of hydrogen-bond donors (Lipinski definition) is 0. The smallest absolute Gasteiger partial charge is 0.124 e. The fourth-order valence-corrected chi connectivity index (χ4v) is 0.816. The van der Waals surface area contributed by atoms with E-state index in [0.29, 0.717) is 0 Å². The first-order chi connectivity index (χ1) is 5.24. The van der Waals surface area contributed by atoms with E-state index in [0.717, 1.165) is 6.07 Å². The first-order valence-electron chi connectivity index (χ1n) is 2.74. The summed E-state index contributed by atoms with van der Waals surface area (Å²) in [6.07, 6.45) is 0. The third kappa shape index (κ3) is 1.83. The second-order valence-electron chi connectivity index (χ2n) is 1.79. The van der Waals surface area contributed by atoms with Crippen LogP contribution >= 0.6 is 11.6 Å². The van der Waals surface area contributed by atoms with Crippen molar-refractivity contribution in [3.8, 4) is 0 Å². The third-order valence-electron chi connectivity index (χ3n) is 1.06. The van der Waals surface area contributed by atoms with E-state index < -0.39 is 5.82 Å². The first-order valence-corrected chi connectivity index (χ1v) is 3.12. The van der Waals surface area contributed by atoms with Crippen LogP contribution in [0.15, 0.2) is 23.3 Å². The highest BCUT2D eigenvalue weighted by molar-refractivity contribution is 6.32.